The maximum atomic E-state index is 5.36. The molecule has 4 rings (SSSR count). The minimum atomic E-state index is 0.122. The van der Waals surface area contributed by atoms with E-state index >= 15 is 0 Å². The van der Waals surface area contributed by atoms with Crippen molar-refractivity contribution in [1.29, 1.82) is 0 Å². The topological polar surface area (TPSA) is 63.2 Å². The van der Waals surface area contributed by atoms with Gasteiger partial charge < -0.3 is 15.0 Å². The van der Waals surface area contributed by atoms with Crippen LogP contribution in [0.3, 0.4) is 0 Å². The van der Waals surface area contributed by atoms with Gasteiger partial charge in [0.1, 0.15) is 11.6 Å². The Hall–Kier alpha value is -3.15. The molecule has 0 saturated heterocycles. The zero-order valence-electron chi connectivity index (χ0n) is 18.4. The molecule has 156 valence electrons. The molecule has 1 aliphatic heterocycles. The average molecular weight is 404 g/mol. The maximum absolute atomic E-state index is 5.36. The highest BCUT2D eigenvalue weighted by Gasteiger charge is 2.25. The number of ether oxygens (including phenoxy) is 1. The van der Waals surface area contributed by atoms with Gasteiger partial charge in [-0.15, -0.1) is 0 Å². The number of rotatable bonds is 4. The van der Waals surface area contributed by atoms with Crippen LogP contribution in [0.25, 0.3) is 0 Å². The molecule has 0 saturated carbocycles. The zero-order valence-corrected chi connectivity index (χ0v) is 18.4. The summed E-state index contributed by atoms with van der Waals surface area (Å²) >= 11 is 0. The molecule has 0 radical (unpaired) electrons. The summed E-state index contributed by atoms with van der Waals surface area (Å²) < 4.78 is 5.36. The normalized spacial score (nSPS) is 13.7. The van der Waals surface area contributed by atoms with Crippen LogP contribution in [0.5, 0.6) is 6.01 Å². The molecule has 6 nitrogen and oxygen atoms in total. The molecular formula is C24H29N5O. The molecule has 0 spiro atoms. The summed E-state index contributed by atoms with van der Waals surface area (Å²) in [7, 11) is 1.61. The molecule has 0 bridgehead atoms. The number of hydrogen-bond donors (Lipinski definition) is 1. The third-order valence-electron chi connectivity index (χ3n) is 5.52. The number of fused-ring (bicyclic) bond motifs is 1. The van der Waals surface area contributed by atoms with E-state index in [-0.39, 0.29) is 5.41 Å². The number of hydrogen-bond acceptors (Lipinski definition) is 6. The first-order chi connectivity index (χ1) is 14.3. The highest BCUT2D eigenvalue weighted by molar-refractivity contribution is 5.63. The summed E-state index contributed by atoms with van der Waals surface area (Å²) in [5.74, 6) is 1.80. The second kappa shape index (κ2) is 7.94. The summed E-state index contributed by atoms with van der Waals surface area (Å²) in [4.78, 5) is 16.1. The summed E-state index contributed by atoms with van der Waals surface area (Å²) in [5.41, 5.74) is 5.70. The molecule has 0 aliphatic carbocycles. The van der Waals surface area contributed by atoms with Crippen molar-refractivity contribution in [2.75, 3.05) is 23.9 Å². The number of methoxy groups -OCH3 is 1. The SMILES string of the molecule is COc1nc2c(c(Nc3ccc(C(C)(C)C)cc3)n1)CN(c1ncccc1C)CC2. The van der Waals surface area contributed by atoms with E-state index in [2.05, 4.69) is 83.2 Å². The third kappa shape index (κ3) is 4.08. The molecule has 1 N–H and O–H groups in total. The Morgan fingerprint density at radius 1 is 1.07 bits per heavy atom. The number of benzene rings is 1. The molecular weight excluding hydrogens is 374 g/mol. The Bertz CT molecular complexity index is 1040. The fourth-order valence-corrected chi connectivity index (χ4v) is 3.77. The Morgan fingerprint density at radius 3 is 2.50 bits per heavy atom. The quantitative estimate of drug-likeness (QED) is 0.676. The molecule has 1 aromatic carbocycles. The maximum Gasteiger partial charge on any atom is 0.318 e. The Morgan fingerprint density at radius 2 is 1.83 bits per heavy atom. The van der Waals surface area contributed by atoms with Crippen molar-refractivity contribution in [3.8, 4) is 6.01 Å². The second-order valence-corrected chi connectivity index (χ2v) is 8.75. The van der Waals surface area contributed by atoms with Gasteiger partial charge in [-0.3, -0.25) is 0 Å². The van der Waals surface area contributed by atoms with Crippen LogP contribution in [-0.2, 0) is 18.4 Å². The predicted octanol–water partition coefficient (Wildman–Crippen LogP) is 4.79. The molecule has 0 fully saturated rings. The number of pyridine rings is 1. The minimum absolute atomic E-state index is 0.122. The zero-order chi connectivity index (χ0) is 21.3. The first-order valence-electron chi connectivity index (χ1n) is 10.3. The van der Waals surface area contributed by atoms with Crippen molar-refractivity contribution in [3.05, 3.63) is 65.0 Å². The van der Waals surface area contributed by atoms with Gasteiger partial charge in [-0.2, -0.15) is 9.97 Å². The molecule has 0 atom stereocenters. The van der Waals surface area contributed by atoms with E-state index in [9.17, 15) is 0 Å². The van der Waals surface area contributed by atoms with E-state index < -0.39 is 0 Å². The van der Waals surface area contributed by atoms with Crippen LogP contribution in [0.2, 0.25) is 0 Å². The smallest absolute Gasteiger partial charge is 0.318 e. The van der Waals surface area contributed by atoms with Crippen LogP contribution in [0.15, 0.2) is 42.6 Å². The molecule has 30 heavy (non-hydrogen) atoms. The number of aryl methyl sites for hydroxylation is 1. The number of nitrogens with zero attached hydrogens (tertiary/aromatic N) is 4. The fourth-order valence-electron chi connectivity index (χ4n) is 3.77. The van der Waals surface area contributed by atoms with Crippen molar-refractivity contribution in [2.24, 2.45) is 0 Å². The molecule has 0 amide bonds. The lowest BCUT2D eigenvalue weighted by atomic mass is 9.87. The first-order valence-corrected chi connectivity index (χ1v) is 10.3. The van der Waals surface area contributed by atoms with Crippen LogP contribution in [0.1, 0.15) is 43.2 Å². The van der Waals surface area contributed by atoms with Gasteiger partial charge in [-0.25, -0.2) is 4.98 Å². The average Bonchev–Trinajstić information content (AvgIpc) is 2.73. The number of nitrogens with one attached hydrogen (secondary N) is 1. The molecule has 2 aromatic heterocycles. The fraction of sp³-hybridized carbons (Fsp3) is 0.375. The van der Waals surface area contributed by atoms with Crippen molar-refractivity contribution in [3.63, 3.8) is 0 Å². The summed E-state index contributed by atoms with van der Waals surface area (Å²) in [6.45, 7) is 10.3. The first kappa shape index (κ1) is 20.1. The number of aromatic nitrogens is 3. The Kier molecular flexibility index (Phi) is 5.33. The van der Waals surface area contributed by atoms with E-state index in [0.717, 1.165) is 41.5 Å². The molecule has 3 heterocycles. The highest BCUT2D eigenvalue weighted by Crippen LogP contribution is 2.31. The summed E-state index contributed by atoms with van der Waals surface area (Å²) in [6.07, 6.45) is 2.67. The summed E-state index contributed by atoms with van der Waals surface area (Å²) in [6, 6.07) is 13.0. The van der Waals surface area contributed by atoms with Gasteiger partial charge in [-0.05, 0) is 41.7 Å². The minimum Gasteiger partial charge on any atom is -0.467 e. The van der Waals surface area contributed by atoms with Gasteiger partial charge in [-0.1, -0.05) is 39.0 Å². The lowest BCUT2D eigenvalue weighted by Crippen LogP contribution is -2.33. The monoisotopic (exact) mass is 403 g/mol. The standard InChI is InChI=1S/C24H29N5O/c1-16-7-6-13-25-22(16)29-14-12-20-19(15-29)21(28-23(27-20)30-5)26-18-10-8-17(9-11-18)24(2,3)4/h6-11,13H,12,14-15H2,1-5H3,(H,26,27,28). The van der Waals surface area contributed by atoms with Crippen LogP contribution < -0.4 is 15.0 Å². The van der Waals surface area contributed by atoms with E-state index in [1.807, 2.05) is 12.3 Å². The van der Waals surface area contributed by atoms with Crippen LogP contribution in [0, 0.1) is 6.92 Å². The molecule has 3 aromatic rings. The molecule has 1 aliphatic rings. The van der Waals surface area contributed by atoms with E-state index in [1.54, 1.807) is 7.11 Å². The third-order valence-corrected chi connectivity index (χ3v) is 5.52. The lowest BCUT2D eigenvalue weighted by Gasteiger charge is -2.31. The second-order valence-electron chi connectivity index (χ2n) is 8.75. The van der Waals surface area contributed by atoms with E-state index in [0.29, 0.717) is 12.6 Å². The Balaban J connectivity index is 1.66. The van der Waals surface area contributed by atoms with Crippen molar-refractivity contribution >= 4 is 17.3 Å². The van der Waals surface area contributed by atoms with Gasteiger partial charge in [0.15, 0.2) is 0 Å². The van der Waals surface area contributed by atoms with Crippen molar-refractivity contribution in [2.45, 2.75) is 46.1 Å². The largest absolute Gasteiger partial charge is 0.467 e. The number of anilines is 3. The van der Waals surface area contributed by atoms with E-state index in [4.69, 9.17) is 4.74 Å². The predicted molar refractivity (Wildman–Crippen MR) is 121 cm³/mol. The molecule has 6 heteroatoms. The van der Waals surface area contributed by atoms with Gasteiger partial charge in [0, 0.05) is 37.0 Å². The van der Waals surface area contributed by atoms with Crippen molar-refractivity contribution in [1.82, 2.24) is 15.0 Å². The van der Waals surface area contributed by atoms with E-state index in [1.165, 1.54) is 11.1 Å². The van der Waals surface area contributed by atoms with Gasteiger partial charge in [0.05, 0.1) is 12.8 Å². The van der Waals surface area contributed by atoms with Crippen LogP contribution >= 0.6 is 0 Å². The lowest BCUT2D eigenvalue weighted by molar-refractivity contribution is 0.377. The molecule has 0 unspecified atom stereocenters. The van der Waals surface area contributed by atoms with Gasteiger partial charge >= 0.3 is 6.01 Å². The van der Waals surface area contributed by atoms with Crippen LogP contribution in [-0.4, -0.2) is 28.6 Å². The highest BCUT2D eigenvalue weighted by atomic mass is 16.5. The van der Waals surface area contributed by atoms with Gasteiger partial charge in [0.2, 0.25) is 0 Å². The van der Waals surface area contributed by atoms with Gasteiger partial charge in [0.25, 0.3) is 0 Å². The summed E-state index contributed by atoms with van der Waals surface area (Å²) in [5, 5.41) is 3.49. The van der Waals surface area contributed by atoms with Crippen molar-refractivity contribution < 1.29 is 4.74 Å². The Labute approximate surface area is 178 Å². The van der Waals surface area contributed by atoms with Crippen LogP contribution in [0.4, 0.5) is 17.3 Å².